The highest BCUT2D eigenvalue weighted by molar-refractivity contribution is 5.92. The van der Waals surface area contributed by atoms with Crippen LogP contribution < -0.4 is 0 Å². The Balaban J connectivity index is 2.44. The topological polar surface area (TPSA) is 50.1 Å². The average Bonchev–Trinajstić information content (AvgIpc) is 2.18. The molecular weight excluding hydrogens is 166 g/mol. The summed E-state index contributed by atoms with van der Waals surface area (Å²) in [5, 5.41) is 8.61. The van der Waals surface area contributed by atoms with Crippen LogP contribution in [0.2, 0.25) is 0 Å². The maximum atomic E-state index is 11.3. The lowest BCUT2D eigenvalue weighted by Crippen LogP contribution is -2.26. The number of hydrogen-bond donors (Lipinski definition) is 0. The molecule has 0 spiro atoms. The van der Waals surface area contributed by atoms with E-state index in [0.29, 0.717) is 12.0 Å². The first-order valence-electron chi connectivity index (χ1n) is 4.00. The summed E-state index contributed by atoms with van der Waals surface area (Å²) in [6, 6.07) is 9.13. The molecule has 3 heteroatoms. The highest BCUT2D eigenvalue weighted by atomic mass is 16.5. The van der Waals surface area contributed by atoms with Gasteiger partial charge in [-0.2, -0.15) is 5.26 Å². The number of rotatable bonds is 0. The summed E-state index contributed by atoms with van der Waals surface area (Å²) in [4.78, 5) is 11.3. The molecule has 0 N–H and O–H groups in total. The molecule has 13 heavy (non-hydrogen) atoms. The van der Waals surface area contributed by atoms with E-state index in [1.807, 2.05) is 18.2 Å². The molecule has 1 heterocycles. The highest BCUT2D eigenvalue weighted by Crippen LogP contribution is 2.19. The third-order valence-corrected chi connectivity index (χ3v) is 2.04. The average molecular weight is 173 g/mol. The normalized spacial score (nSPS) is 19.9. The minimum atomic E-state index is -0.623. The van der Waals surface area contributed by atoms with Crippen molar-refractivity contribution in [2.24, 2.45) is 0 Å². The molecule has 0 radical (unpaired) electrons. The van der Waals surface area contributed by atoms with Gasteiger partial charge in [0.1, 0.15) is 6.07 Å². The molecule has 64 valence electrons. The van der Waals surface area contributed by atoms with Gasteiger partial charge in [0.05, 0.1) is 5.56 Å². The Morgan fingerprint density at radius 3 is 3.00 bits per heavy atom. The molecule has 0 bridgehead atoms. The summed E-state index contributed by atoms with van der Waals surface area (Å²) in [6.07, 6.45) is -0.124. The molecule has 1 aliphatic heterocycles. The summed E-state index contributed by atoms with van der Waals surface area (Å²) in [5.74, 6) is -0.395. The monoisotopic (exact) mass is 173 g/mol. The van der Waals surface area contributed by atoms with E-state index in [2.05, 4.69) is 0 Å². The van der Waals surface area contributed by atoms with E-state index in [4.69, 9.17) is 10.00 Å². The van der Waals surface area contributed by atoms with Crippen LogP contribution in [0.4, 0.5) is 0 Å². The molecule has 0 aliphatic carbocycles. The first-order chi connectivity index (χ1) is 6.31. The lowest BCUT2D eigenvalue weighted by Gasteiger charge is -2.19. The molecular formula is C10H7NO2. The predicted octanol–water partition coefficient (Wildman–Crippen LogP) is 1.29. The van der Waals surface area contributed by atoms with Crippen LogP contribution in [0.3, 0.4) is 0 Å². The van der Waals surface area contributed by atoms with Crippen molar-refractivity contribution in [3.63, 3.8) is 0 Å². The van der Waals surface area contributed by atoms with E-state index in [1.165, 1.54) is 0 Å². The van der Waals surface area contributed by atoms with Gasteiger partial charge < -0.3 is 4.74 Å². The van der Waals surface area contributed by atoms with E-state index in [1.54, 1.807) is 12.1 Å². The molecule has 1 aliphatic rings. The molecule has 0 fully saturated rings. The first-order valence-corrected chi connectivity index (χ1v) is 4.00. The van der Waals surface area contributed by atoms with E-state index >= 15 is 0 Å². The van der Waals surface area contributed by atoms with Gasteiger partial charge in [-0.15, -0.1) is 0 Å². The Bertz CT molecular complexity index is 392. The predicted molar refractivity (Wildman–Crippen MR) is 45.0 cm³/mol. The van der Waals surface area contributed by atoms with Crippen molar-refractivity contribution in [1.82, 2.24) is 0 Å². The maximum absolute atomic E-state index is 11.3. The fourth-order valence-electron chi connectivity index (χ4n) is 1.40. The zero-order chi connectivity index (χ0) is 9.26. The van der Waals surface area contributed by atoms with Crippen molar-refractivity contribution in [1.29, 1.82) is 5.26 Å². The van der Waals surface area contributed by atoms with Crippen molar-refractivity contribution >= 4 is 5.97 Å². The number of nitrogens with zero attached hydrogens (tertiary/aromatic N) is 1. The molecule has 1 unspecified atom stereocenters. The lowest BCUT2D eigenvalue weighted by atomic mass is 9.99. The molecule has 1 atom stereocenters. The van der Waals surface area contributed by atoms with Crippen LogP contribution in [0.5, 0.6) is 0 Å². The van der Waals surface area contributed by atoms with Gasteiger partial charge in [0.2, 0.25) is 0 Å². The van der Waals surface area contributed by atoms with Gasteiger partial charge in [-0.05, 0) is 11.6 Å². The number of hydrogen-bond acceptors (Lipinski definition) is 3. The Hall–Kier alpha value is -1.82. The lowest BCUT2D eigenvalue weighted by molar-refractivity contribution is 0.0371. The van der Waals surface area contributed by atoms with Gasteiger partial charge in [0, 0.05) is 6.42 Å². The van der Waals surface area contributed by atoms with Crippen molar-refractivity contribution < 1.29 is 9.53 Å². The largest absolute Gasteiger partial charge is 0.443 e. The van der Waals surface area contributed by atoms with E-state index in [0.717, 1.165) is 5.56 Å². The van der Waals surface area contributed by atoms with Gasteiger partial charge in [-0.25, -0.2) is 4.79 Å². The molecule has 2 rings (SSSR count). The van der Waals surface area contributed by atoms with Gasteiger partial charge in [-0.1, -0.05) is 18.2 Å². The third kappa shape index (κ3) is 1.27. The number of esters is 1. The number of carbonyl (C=O) groups is 1. The van der Waals surface area contributed by atoms with Crippen molar-refractivity contribution in [2.45, 2.75) is 12.5 Å². The van der Waals surface area contributed by atoms with Gasteiger partial charge in [0.15, 0.2) is 6.10 Å². The molecule has 0 saturated heterocycles. The van der Waals surface area contributed by atoms with Crippen LogP contribution in [-0.2, 0) is 11.2 Å². The number of carbonyl (C=O) groups excluding carboxylic acids is 1. The minimum Gasteiger partial charge on any atom is -0.443 e. The smallest absolute Gasteiger partial charge is 0.339 e. The SMILES string of the molecule is N#CC1Cc2ccccc2C(=O)O1. The molecule has 1 aromatic rings. The second kappa shape index (κ2) is 2.91. The highest BCUT2D eigenvalue weighted by Gasteiger charge is 2.25. The number of ether oxygens (including phenoxy) is 1. The number of nitriles is 1. The third-order valence-electron chi connectivity index (χ3n) is 2.04. The molecule has 3 nitrogen and oxygen atoms in total. The number of cyclic esters (lactones) is 1. The van der Waals surface area contributed by atoms with Gasteiger partial charge in [-0.3, -0.25) is 0 Å². The van der Waals surface area contributed by atoms with Gasteiger partial charge in [0.25, 0.3) is 0 Å². The van der Waals surface area contributed by atoms with E-state index in [9.17, 15) is 4.79 Å². The fourth-order valence-corrected chi connectivity index (χ4v) is 1.40. The van der Waals surface area contributed by atoms with Gasteiger partial charge >= 0.3 is 5.97 Å². The molecule has 1 aromatic carbocycles. The van der Waals surface area contributed by atoms with Crippen LogP contribution in [0.25, 0.3) is 0 Å². The molecule has 0 aromatic heterocycles. The van der Waals surface area contributed by atoms with Crippen molar-refractivity contribution in [3.05, 3.63) is 35.4 Å². The minimum absolute atomic E-state index is 0.395. The van der Waals surface area contributed by atoms with Crippen LogP contribution >= 0.6 is 0 Å². The Morgan fingerprint density at radius 2 is 2.23 bits per heavy atom. The second-order valence-corrected chi connectivity index (χ2v) is 2.88. The van der Waals surface area contributed by atoms with Crippen LogP contribution in [0.1, 0.15) is 15.9 Å². The summed E-state index contributed by atoms with van der Waals surface area (Å²) >= 11 is 0. The standard InChI is InChI=1S/C10H7NO2/c11-6-8-5-7-3-1-2-4-9(7)10(12)13-8/h1-4,8H,5H2. The maximum Gasteiger partial charge on any atom is 0.339 e. The quantitative estimate of drug-likeness (QED) is 0.555. The van der Waals surface area contributed by atoms with Crippen molar-refractivity contribution in [2.75, 3.05) is 0 Å². The van der Waals surface area contributed by atoms with Crippen molar-refractivity contribution in [3.8, 4) is 6.07 Å². The fraction of sp³-hybridized carbons (Fsp3) is 0.200. The second-order valence-electron chi connectivity index (χ2n) is 2.88. The molecule has 0 amide bonds. The summed E-state index contributed by atoms with van der Waals surface area (Å²) in [5.41, 5.74) is 1.47. The summed E-state index contributed by atoms with van der Waals surface area (Å²) in [6.45, 7) is 0. The first kappa shape index (κ1) is 7.81. The molecule has 0 saturated carbocycles. The summed E-state index contributed by atoms with van der Waals surface area (Å²) < 4.78 is 4.86. The van der Waals surface area contributed by atoms with E-state index in [-0.39, 0.29) is 0 Å². The number of benzene rings is 1. The zero-order valence-electron chi connectivity index (χ0n) is 6.86. The Labute approximate surface area is 75.6 Å². The summed E-state index contributed by atoms with van der Waals surface area (Å²) in [7, 11) is 0. The van der Waals surface area contributed by atoms with Crippen LogP contribution in [-0.4, -0.2) is 12.1 Å². The van der Waals surface area contributed by atoms with E-state index < -0.39 is 12.1 Å². The Kier molecular flexibility index (Phi) is 1.75. The zero-order valence-corrected chi connectivity index (χ0v) is 6.86. The van der Waals surface area contributed by atoms with Crippen LogP contribution in [0, 0.1) is 11.3 Å². The van der Waals surface area contributed by atoms with Crippen LogP contribution in [0.15, 0.2) is 24.3 Å². The number of fused-ring (bicyclic) bond motifs is 1. The Morgan fingerprint density at radius 1 is 1.46 bits per heavy atom.